The van der Waals surface area contributed by atoms with Crippen molar-refractivity contribution in [2.75, 3.05) is 36.0 Å². The Bertz CT molecular complexity index is 907. The van der Waals surface area contributed by atoms with Gasteiger partial charge in [-0.15, -0.1) is 10.2 Å². The van der Waals surface area contributed by atoms with Gasteiger partial charge in [-0.1, -0.05) is 35.9 Å². The van der Waals surface area contributed by atoms with Crippen molar-refractivity contribution in [3.8, 4) is 0 Å². The molecule has 0 atom stereocenters. The van der Waals surface area contributed by atoms with E-state index in [2.05, 4.69) is 20.8 Å². The maximum Gasteiger partial charge on any atom is 0.243 e. The van der Waals surface area contributed by atoms with Crippen LogP contribution in [-0.2, 0) is 14.8 Å². The highest BCUT2D eigenvalue weighted by Crippen LogP contribution is 2.26. The summed E-state index contributed by atoms with van der Waals surface area (Å²) < 4.78 is 27.9. The number of sulfonamides is 1. The minimum atomic E-state index is -3.48. The summed E-state index contributed by atoms with van der Waals surface area (Å²) >= 11 is 2.72. The summed E-state index contributed by atoms with van der Waals surface area (Å²) in [6.45, 7) is 3.88. The molecule has 0 aliphatic carbocycles. The molecule has 0 unspecified atom stereocenters. The van der Waals surface area contributed by atoms with Gasteiger partial charge in [0.05, 0.1) is 10.6 Å². The third-order valence-electron chi connectivity index (χ3n) is 4.40. The third kappa shape index (κ3) is 6.14. The lowest BCUT2D eigenvalue weighted by atomic mass is 10.2. The molecule has 1 aromatic carbocycles. The Morgan fingerprint density at radius 1 is 1.14 bits per heavy atom. The maximum atomic E-state index is 12.8. The van der Waals surface area contributed by atoms with Crippen LogP contribution in [0.1, 0.15) is 32.6 Å². The first-order chi connectivity index (χ1) is 14.0. The number of carbonyl (C=O) groups is 1. The summed E-state index contributed by atoms with van der Waals surface area (Å²) in [7, 11) is -3.48. The molecule has 11 heteroatoms. The summed E-state index contributed by atoms with van der Waals surface area (Å²) in [6.07, 6.45) is 3.94. The first kappa shape index (κ1) is 22.0. The van der Waals surface area contributed by atoms with E-state index in [1.54, 1.807) is 28.6 Å². The number of nitrogens with zero attached hydrogens (tertiary/aromatic N) is 3. The van der Waals surface area contributed by atoms with Gasteiger partial charge in [-0.2, -0.15) is 4.31 Å². The Morgan fingerprint density at radius 2 is 1.83 bits per heavy atom. The van der Waals surface area contributed by atoms with Crippen molar-refractivity contribution in [2.45, 2.75) is 41.8 Å². The molecule has 0 saturated carbocycles. The zero-order chi connectivity index (χ0) is 20.7. The van der Waals surface area contributed by atoms with E-state index in [1.165, 1.54) is 23.1 Å². The summed E-state index contributed by atoms with van der Waals surface area (Å²) in [5.74, 6) is 0.0209. The first-order valence-electron chi connectivity index (χ1n) is 9.59. The zero-order valence-corrected chi connectivity index (χ0v) is 18.7. The van der Waals surface area contributed by atoms with E-state index in [-0.39, 0.29) is 16.6 Å². The Morgan fingerprint density at radius 3 is 2.48 bits per heavy atom. The van der Waals surface area contributed by atoms with Gasteiger partial charge in [-0.05, 0) is 44.0 Å². The molecule has 1 aromatic heterocycles. The molecule has 1 amide bonds. The normalized spacial score (nSPS) is 15.6. The molecule has 1 saturated heterocycles. The minimum Gasteiger partial charge on any atom is -0.360 e. The van der Waals surface area contributed by atoms with Crippen molar-refractivity contribution in [1.82, 2.24) is 14.5 Å². The van der Waals surface area contributed by atoms with Crippen LogP contribution >= 0.6 is 23.1 Å². The molecule has 2 N–H and O–H groups in total. The second-order valence-electron chi connectivity index (χ2n) is 6.58. The number of hydrogen-bond acceptors (Lipinski definition) is 8. The number of hydrogen-bond donors (Lipinski definition) is 2. The van der Waals surface area contributed by atoms with Gasteiger partial charge >= 0.3 is 0 Å². The predicted molar refractivity (Wildman–Crippen MR) is 117 cm³/mol. The van der Waals surface area contributed by atoms with Crippen LogP contribution in [-0.4, -0.2) is 54.2 Å². The average Bonchev–Trinajstić information content (AvgIpc) is 2.97. The first-order valence-corrected chi connectivity index (χ1v) is 12.8. The summed E-state index contributed by atoms with van der Waals surface area (Å²) in [6, 6.07) is 6.36. The van der Waals surface area contributed by atoms with E-state index in [4.69, 9.17) is 0 Å². The van der Waals surface area contributed by atoms with E-state index in [9.17, 15) is 13.2 Å². The number of rotatable bonds is 8. The Labute approximate surface area is 179 Å². The molecular weight excluding hydrogens is 430 g/mol. The monoisotopic (exact) mass is 455 g/mol. The Kier molecular flexibility index (Phi) is 7.87. The van der Waals surface area contributed by atoms with Crippen LogP contribution in [0.15, 0.2) is 33.5 Å². The fourth-order valence-electron chi connectivity index (χ4n) is 2.96. The van der Waals surface area contributed by atoms with Crippen LogP contribution in [0.4, 0.5) is 10.8 Å². The summed E-state index contributed by atoms with van der Waals surface area (Å²) in [5.41, 5.74) is 0.566. The number of nitrogens with one attached hydrogen (secondary N) is 2. The molecule has 158 valence electrons. The van der Waals surface area contributed by atoms with Crippen LogP contribution < -0.4 is 10.6 Å². The molecule has 2 aromatic rings. The van der Waals surface area contributed by atoms with E-state index in [1.807, 2.05) is 6.92 Å². The van der Waals surface area contributed by atoms with Gasteiger partial charge in [0, 0.05) is 25.3 Å². The SMILES string of the molecule is CCNc1nnc(SCC(=O)Nc2ccc(S(=O)(=O)N3CCCCCC3)cc2)s1. The summed E-state index contributed by atoms with van der Waals surface area (Å²) in [4.78, 5) is 12.4. The molecule has 1 fully saturated rings. The molecule has 1 aliphatic rings. The van der Waals surface area contributed by atoms with Gasteiger partial charge in [0.1, 0.15) is 0 Å². The van der Waals surface area contributed by atoms with Gasteiger partial charge in [-0.3, -0.25) is 4.79 Å². The van der Waals surface area contributed by atoms with E-state index < -0.39 is 10.0 Å². The van der Waals surface area contributed by atoms with E-state index >= 15 is 0 Å². The van der Waals surface area contributed by atoms with Crippen molar-refractivity contribution >= 4 is 49.8 Å². The van der Waals surface area contributed by atoms with Crippen LogP contribution in [0.2, 0.25) is 0 Å². The molecule has 0 radical (unpaired) electrons. The lowest BCUT2D eigenvalue weighted by Crippen LogP contribution is -2.31. The lowest BCUT2D eigenvalue weighted by molar-refractivity contribution is -0.113. The Balaban J connectivity index is 1.54. The van der Waals surface area contributed by atoms with Crippen LogP contribution in [0.5, 0.6) is 0 Å². The van der Waals surface area contributed by atoms with Gasteiger partial charge < -0.3 is 10.6 Å². The number of carbonyl (C=O) groups excluding carboxylic acids is 1. The fourth-order valence-corrected chi connectivity index (χ4v) is 6.09. The van der Waals surface area contributed by atoms with Crippen LogP contribution in [0.25, 0.3) is 0 Å². The van der Waals surface area contributed by atoms with Gasteiger partial charge in [0.15, 0.2) is 4.34 Å². The quantitative estimate of drug-likeness (QED) is 0.589. The van der Waals surface area contributed by atoms with Gasteiger partial charge in [-0.25, -0.2) is 8.42 Å². The molecule has 2 heterocycles. The number of amides is 1. The highest BCUT2D eigenvalue weighted by atomic mass is 32.2. The number of anilines is 2. The van der Waals surface area contributed by atoms with E-state index in [0.29, 0.717) is 18.8 Å². The largest absolute Gasteiger partial charge is 0.360 e. The average molecular weight is 456 g/mol. The van der Waals surface area contributed by atoms with Crippen molar-refractivity contribution in [3.05, 3.63) is 24.3 Å². The number of benzene rings is 1. The Hall–Kier alpha value is -1.69. The molecule has 3 rings (SSSR count). The second kappa shape index (κ2) is 10.4. The van der Waals surface area contributed by atoms with Crippen molar-refractivity contribution in [2.24, 2.45) is 0 Å². The zero-order valence-electron chi connectivity index (χ0n) is 16.3. The molecule has 8 nitrogen and oxygen atoms in total. The molecule has 29 heavy (non-hydrogen) atoms. The lowest BCUT2D eigenvalue weighted by Gasteiger charge is -2.20. The van der Waals surface area contributed by atoms with Crippen molar-refractivity contribution < 1.29 is 13.2 Å². The fraction of sp³-hybridized carbons (Fsp3) is 0.500. The van der Waals surface area contributed by atoms with Crippen LogP contribution in [0, 0.1) is 0 Å². The highest BCUT2D eigenvalue weighted by molar-refractivity contribution is 8.01. The predicted octanol–water partition coefficient (Wildman–Crippen LogP) is 3.27. The molecule has 0 bridgehead atoms. The molecule has 0 spiro atoms. The van der Waals surface area contributed by atoms with Crippen molar-refractivity contribution in [3.63, 3.8) is 0 Å². The van der Waals surface area contributed by atoms with Crippen molar-refractivity contribution in [1.29, 1.82) is 0 Å². The highest BCUT2D eigenvalue weighted by Gasteiger charge is 2.25. The molecule has 1 aliphatic heterocycles. The molecular formula is C18H25N5O3S3. The van der Waals surface area contributed by atoms with E-state index in [0.717, 1.165) is 41.7 Å². The smallest absolute Gasteiger partial charge is 0.243 e. The standard InChI is InChI=1S/C18H25N5O3S3/c1-2-19-17-21-22-18(28-17)27-13-16(24)20-14-7-9-15(10-8-14)29(25,26)23-11-5-3-4-6-12-23/h7-10H,2-6,11-13H2,1H3,(H,19,21)(H,20,24). The number of thioether (sulfide) groups is 1. The summed E-state index contributed by atoms with van der Waals surface area (Å²) in [5, 5.41) is 14.6. The van der Waals surface area contributed by atoms with Crippen LogP contribution in [0.3, 0.4) is 0 Å². The third-order valence-corrected chi connectivity index (χ3v) is 8.33. The number of aromatic nitrogens is 2. The maximum absolute atomic E-state index is 12.8. The van der Waals surface area contributed by atoms with Gasteiger partial charge in [0.2, 0.25) is 21.1 Å². The van der Waals surface area contributed by atoms with Gasteiger partial charge in [0.25, 0.3) is 0 Å². The second-order valence-corrected chi connectivity index (χ2v) is 10.7. The minimum absolute atomic E-state index is 0.182. The topological polar surface area (TPSA) is 104 Å².